The Morgan fingerprint density at radius 3 is 2.30 bits per heavy atom. The number of hydrogen-bond donors (Lipinski definition) is 1. The van der Waals surface area contributed by atoms with Crippen molar-refractivity contribution in [3.8, 4) is 0 Å². The maximum atomic E-state index is 3.63. The van der Waals surface area contributed by atoms with E-state index in [0.29, 0.717) is 12.0 Å². The van der Waals surface area contributed by atoms with Crippen LogP contribution in [0.4, 0.5) is 0 Å². The molecule has 1 heteroatoms. The fraction of sp³-hybridized carbons (Fsp3) is 0.368. The van der Waals surface area contributed by atoms with Crippen molar-refractivity contribution in [2.45, 2.75) is 39.2 Å². The first kappa shape index (κ1) is 14.8. The van der Waals surface area contributed by atoms with Crippen molar-refractivity contribution in [3.63, 3.8) is 0 Å². The van der Waals surface area contributed by atoms with E-state index in [1.165, 1.54) is 23.1 Å². The molecule has 0 fully saturated rings. The van der Waals surface area contributed by atoms with Crippen LogP contribution in [0.15, 0.2) is 54.6 Å². The maximum absolute atomic E-state index is 3.63. The highest BCUT2D eigenvalue weighted by Crippen LogP contribution is 2.19. The summed E-state index contributed by atoms with van der Waals surface area (Å²) in [4.78, 5) is 0. The average molecular weight is 267 g/mol. The molecule has 2 rings (SSSR count). The second-order valence-electron chi connectivity index (χ2n) is 5.69. The average Bonchev–Trinajstić information content (AvgIpc) is 2.48. The Morgan fingerprint density at radius 1 is 0.900 bits per heavy atom. The van der Waals surface area contributed by atoms with Gasteiger partial charge in [0.15, 0.2) is 0 Å². The zero-order valence-corrected chi connectivity index (χ0v) is 12.8. The van der Waals surface area contributed by atoms with Gasteiger partial charge in [-0.15, -0.1) is 0 Å². The molecule has 0 radical (unpaired) electrons. The summed E-state index contributed by atoms with van der Waals surface area (Å²) in [5, 5.41) is 3.63. The quantitative estimate of drug-likeness (QED) is 0.789. The minimum absolute atomic E-state index is 0.415. The summed E-state index contributed by atoms with van der Waals surface area (Å²) in [6, 6.07) is 19.9. The van der Waals surface area contributed by atoms with Crippen LogP contribution in [0.25, 0.3) is 0 Å². The second kappa shape index (κ2) is 7.25. The zero-order chi connectivity index (χ0) is 14.4. The van der Waals surface area contributed by atoms with Crippen LogP contribution < -0.4 is 5.32 Å². The van der Waals surface area contributed by atoms with Crippen LogP contribution in [0.1, 0.15) is 48.9 Å². The van der Waals surface area contributed by atoms with Crippen molar-refractivity contribution < 1.29 is 0 Å². The van der Waals surface area contributed by atoms with Crippen molar-refractivity contribution in [1.29, 1.82) is 0 Å². The molecule has 106 valence electrons. The van der Waals surface area contributed by atoms with Crippen LogP contribution in [0, 0.1) is 6.92 Å². The van der Waals surface area contributed by atoms with Crippen LogP contribution in [0.5, 0.6) is 0 Å². The van der Waals surface area contributed by atoms with E-state index in [4.69, 9.17) is 0 Å². The Balaban J connectivity index is 1.81. The van der Waals surface area contributed by atoms with Gasteiger partial charge in [-0.05, 0) is 43.9 Å². The van der Waals surface area contributed by atoms with E-state index >= 15 is 0 Å². The molecule has 0 amide bonds. The third-order valence-corrected chi connectivity index (χ3v) is 3.94. The van der Waals surface area contributed by atoms with Crippen LogP contribution in [-0.4, -0.2) is 6.54 Å². The van der Waals surface area contributed by atoms with Crippen LogP contribution in [0.2, 0.25) is 0 Å². The molecule has 20 heavy (non-hydrogen) atoms. The fourth-order valence-corrected chi connectivity index (χ4v) is 2.52. The molecule has 0 saturated heterocycles. The van der Waals surface area contributed by atoms with E-state index in [-0.39, 0.29) is 0 Å². The lowest BCUT2D eigenvalue weighted by Crippen LogP contribution is -2.21. The standard InChI is InChI=1S/C19H25N/c1-15-8-7-11-19(14-15)17(3)20-13-12-16(2)18-9-5-4-6-10-18/h4-11,14,16-17,20H,12-13H2,1-3H3/t16?,17-/m1/s1. The number of nitrogens with one attached hydrogen (secondary N) is 1. The van der Waals surface area contributed by atoms with Crippen LogP contribution >= 0.6 is 0 Å². The molecule has 1 N–H and O–H groups in total. The summed E-state index contributed by atoms with van der Waals surface area (Å²) in [6.45, 7) is 7.73. The number of rotatable bonds is 6. The van der Waals surface area contributed by atoms with Gasteiger partial charge in [-0.2, -0.15) is 0 Å². The third-order valence-electron chi connectivity index (χ3n) is 3.94. The fourth-order valence-electron chi connectivity index (χ4n) is 2.52. The lowest BCUT2D eigenvalue weighted by molar-refractivity contribution is 0.531. The van der Waals surface area contributed by atoms with Gasteiger partial charge in [-0.25, -0.2) is 0 Å². The van der Waals surface area contributed by atoms with Gasteiger partial charge in [-0.1, -0.05) is 67.1 Å². The first-order chi connectivity index (χ1) is 9.66. The first-order valence-electron chi connectivity index (χ1n) is 7.51. The van der Waals surface area contributed by atoms with Gasteiger partial charge in [0, 0.05) is 6.04 Å². The SMILES string of the molecule is Cc1cccc([C@@H](C)NCCC(C)c2ccccc2)c1. The molecular weight excluding hydrogens is 242 g/mol. The molecule has 1 nitrogen and oxygen atoms in total. The summed E-state index contributed by atoms with van der Waals surface area (Å²) in [6.07, 6.45) is 1.17. The molecule has 0 heterocycles. The molecule has 0 bridgehead atoms. The lowest BCUT2D eigenvalue weighted by atomic mass is 9.97. The summed E-state index contributed by atoms with van der Waals surface area (Å²) in [5.74, 6) is 0.605. The Labute approximate surface area is 123 Å². The van der Waals surface area contributed by atoms with Crippen molar-refractivity contribution in [3.05, 3.63) is 71.3 Å². The van der Waals surface area contributed by atoms with E-state index in [1.807, 2.05) is 0 Å². The molecule has 0 spiro atoms. The zero-order valence-electron chi connectivity index (χ0n) is 12.8. The summed E-state index contributed by atoms with van der Waals surface area (Å²) in [5.41, 5.74) is 4.13. The molecule has 0 aliphatic carbocycles. The first-order valence-corrected chi connectivity index (χ1v) is 7.51. The van der Waals surface area contributed by atoms with Gasteiger partial charge in [0.2, 0.25) is 0 Å². The predicted molar refractivity (Wildman–Crippen MR) is 87.1 cm³/mol. The van der Waals surface area contributed by atoms with E-state index < -0.39 is 0 Å². The van der Waals surface area contributed by atoms with Crippen molar-refractivity contribution in [2.24, 2.45) is 0 Å². The van der Waals surface area contributed by atoms with Gasteiger partial charge in [0.1, 0.15) is 0 Å². The number of aryl methyl sites for hydroxylation is 1. The largest absolute Gasteiger partial charge is 0.310 e. The van der Waals surface area contributed by atoms with E-state index in [1.54, 1.807) is 0 Å². The Bertz CT molecular complexity index is 518. The molecule has 2 aromatic rings. The molecule has 2 atom stereocenters. The predicted octanol–water partition coefficient (Wildman–Crippen LogP) is 4.84. The van der Waals surface area contributed by atoms with Crippen LogP contribution in [-0.2, 0) is 0 Å². The summed E-state index contributed by atoms with van der Waals surface area (Å²) in [7, 11) is 0. The Morgan fingerprint density at radius 2 is 1.60 bits per heavy atom. The Hall–Kier alpha value is -1.60. The van der Waals surface area contributed by atoms with Crippen LogP contribution in [0.3, 0.4) is 0 Å². The minimum atomic E-state index is 0.415. The molecule has 0 saturated carbocycles. The maximum Gasteiger partial charge on any atom is 0.0291 e. The van der Waals surface area contributed by atoms with Crippen molar-refractivity contribution in [2.75, 3.05) is 6.54 Å². The third kappa shape index (κ3) is 4.21. The monoisotopic (exact) mass is 267 g/mol. The van der Waals surface area contributed by atoms with E-state index in [0.717, 1.165) is 6.54 Å². The second-order valence-corrected chi connectivity index (χ2v) is 5.69. The smallest absolute Gasteiger partial charge is 0.0291 e. The summed E-state index contributed by atoms with van der Waals surface area (Å²) < 4.78 is 0. The van der Waals surface area contributed by atoms with E-state index in [2.05, 4.69) is 80.7 Å². The minimum Gasteiger partial charge on any atom is -0.310 e. The lowest BCUT2D eigenvalue weighted by Gasteiger charge is -2.17. The van der Waals surface area contributed by atoms with Crippen molar-refractivity contribution >= 4 is 0 Å². The van der Waals surface area contributed by atoms with Gasteiger partial charge >= 0.3 is 0 Å². The molecule has 0 aliphatic rings. The molecule has 0 aromatic heterocycles. The molecular formula is C19H25N. The van der Waals surface area contributed by atoms with Gasteiger partial charge in [0.05, 0.1) is 0 Å². The Kier molecular flexibility index (Phi) is 5.37. The normalized spacial score (nSPS) is 13.9. The van der Waals surface area contributed by atoms with E-state index in [9.17, 15) is 0 Å². The number of hydrogen-bond acceptors (Lipinski definition) is 1. The van der Waals surface area contributed by atoms with Gasteiger partial charge in [0.25, 0.3) is 0 Å². The molecule has 0 aliphatic heterocycles. The highest BCUT2D eigenvalue weighted by molar-refractivity contribution is 5.24. The molecule has 1 unspecified atom stereocenters. The van der Waals surface area contributed by atoms with Gasteiger partial charge < -0.3 is 5.32 Å². The molecule has 2 aromatic carbocycles. The number of benzene rings is 2. The van der Waals surface area contributed by atoms with Gasteiger partial charge in [-0.3, -0.25) is 0 Å². The van der Waals surface area contributed by atoms with Crippen molar-refractivity contribution in [1.82, 2.24) is 5.32 Å². The summed E-state index contributed by atoms with van der Waals surface area (Å²) >= 11 is 0. The topological polar surface area (TPSA) is 12.0 Å². The highest BCUT2D eigenvalue weighted by atomic mass is 14.9. The highest BCUT2D eigenvalue weighted by Gasteiger charge is 2.07.